The van der Waals surface area contributed by atoms with Crippen molar-refractivity contribution in [3.8, 4) is 0 Å². The van der Waals surface area contributed by atoms with Gasteiger partial charge in [0.1, 0.15) is 5.82 Å². The van der Waals surface area contributed by atoms with Crippen molar-refractivity contribution in [3.05, 3.63) is 29.6 Å². The highest BCUT2D eigenvalue weighted by Gasteiger charge is 2.30. The van der Waals surface area contributed by atoms with Crippen molar-refractivity contribution in [3.63, 3.8) is 0 Å². The van der Waals surface area contributed by atoms with Gasteiger partial charge in [0.25, 0.3) is 5.91 Å². The number of rotatable bonds is 3. The van der Waals surface area contributed by atoms with Crippen molar-refractivity contribution < 1.29 is 19.0 Å². The lowest BCUT2D eigenvalue weighted by Gasteiger charge is -2.37. The van der Waals surface area contributed by atoms with Gasteiger partial charge in [0.2, 0.25) is 0 Å². The van der Waals surface area contributed by atoms with Crippen LogP contribution in [0.1, 0.15) is 30.1 Å². The number of halogens is 1. The monoisotopic (exact) mass is 322 g/mol. The molecule has 3 rings (SSSR count). The number of benzene rings is 1. The quantitative estimate of drug-likeness (QED) is 0.919. The molecule has 0 aliphatic carbocycles. The molecule has 2 atom stereocenters. The van der Waals surface area contributed by atoms with Crippen molar-refractivity contribution in [2.45, 2.75) is 31.9 Å². The van der Waals surface area contributed by atoms with E-state index >= 15 is 0 Å². The molecule has 23 heavy (non-hydrogen) atoms. The molecule has 1 aromatic carbocycles. The zero-order valence-electron chi connectivity index (χ0n) is 13.4. The number of hydrogen-bond acceptors (Lipinski definition) is 4. The molecule has 0 aromatic heterocycles. The third-order valence-electron chi connectivity index (χ3n) is 4.61. The fourth-order valence-corrected chi connectivity index (χ4v) is 3.23. The second-order valence-electron chi connectivity index (χ2n) is 6.30. The summed E-state index contributed by atoms with van der Waals surface area (Å²) in [5.41, 5.74) is 0.915. The van der Waals surface area contributed by atoms with E-state index in [2.05, 4.69) is 0 Å². The van der Waals surface area contributed by atoms with E-state index in [1.807, 2.05) is 11.8 Å². The third kappa shape index (κ3) is 3.33. The topological polar surface area (TPSA) is 53.0 Å². The summed E-state index contributed by atoms with van der Waals surface area (Å²) in [4.78, 5) is 16.3. The van der Waals surface area contributed by atoms with E-state index in [0.29, 0.717) is 24.4 Å². The Balaban J connectivity index is 1.77. The molecule has 0 saturated carbocycles. The minimum absolute atomic E-state index is 0.0911. The summed E-state index contributed by atoms with van der Waals surface area (Å²) in [6, 6.07) is 4.62. The van der Waals surface area contributed by atoms with Crippen molar-refractivity contribution >= 4 is 11.6 Å². The van der Waals surface area contributed by atoms with Gasteiger partial charge in [0, 0.05) is 25.2 Å². The minimum atomic E-state index is -0.371. The van der Waals surface area contributed by atoms with Gasteiger partial charge in [0.05, 0.1) is 31.0 Å². The van der Waals surface area contributed by atoms with E-state index < -0.39 is 0 Å². The number of hydrogen-bond donors (Lipinski definition) is 1. The van der Waals surface area contributed by atoms with Crippen molar-refractivity contribution in [1.29, 1.82) is 0 Å². The average molecular weight is 322 g/mol. The summed E-state index contributed by atoms with van der Waals surface area (Å²) in [7, 11) is 0. The number of aliphatic hydroxyl groups excluding tert-OH is 1. The summed E-state index contributed by atoms with van der Waals surface area (Å²) in [5.74, 6) is -0.566. The average Bonchev–Trinajstić information content (AvgIpc) is 3.09. The van der Waals surface area contributed by atoms with Gasteiger partial charge in [-0.1, -0.05) is 0 Å². The highest BCUT2D eigenvalue weighted by Crippen LogP contribution is 2.25. The number of amides is 1. The molecule has 1 N–H and O–H groups in total. The standard InChI is InChI=1S/C17H23FN2O3/c1-12-11-23-14(10-21)9-20(12)17(22)13-4-5-16(15(18)8-13)19-6-2-3-7-19/h4-5,8,12,14,21H,2-3,6-7,9-11H2,1H3. The number of carbonyl (C=O) groups is 1. The first kappa shape index (κ1) is 16.2. The van der Waals surface area contributed by atoms with Crippen LogP contribution in [0.25, 0.3) is 0 Å². The maximum absolute atomic E-state index is 14.4. The maximum Gasteiger partial charge on any atom is 0.254 e. The van der Waals surface area contributed by atoms with Crippen LogP contribution >= 0.6 is 0 Å². The second-order valence-corrected chi connectivity index (χ2v) is 6.30. The molecule has 2 fully saturated rings. The molecular weight excluding hydrogens is 299 g/mol. The van der Waals surface area contributed by atoms with Gasteiger partial charge in [-0.15, -0.1) is 0 Å². The fourth-order valence-electron chi connectivity index (χ4n) is 3.23. The van der Waals surface area contributed by atoms with Gasteiger partial charge < -0.3 is 19.6 Å². The molecule has 2 aliphatic heterocycles. The molecule has 2 heterocycles. The largest absolute Gasteiger partial charge is 0.394 e. The second kappa shape index (κ2) is 6.84. The lowest BCUT2D eigenvalue weighted by Crippen LogP contribution is -2.52. The van der Waals surface area contributed by atoms with Crippen LogP contribution < -0.4 is 4.90 Å². The molecule has 2 aliphatic rings. The number of anilines is 1. The highest BCUT2D eigenvalue weighted by atomic mass is 19.1. The maximum atomic E-state index is 14.4. The van der Waals surface area contributed by atoms with Gasteiger partial charge in [-0.3, -0.25) is 4.79 Å². The molecule has 1 aromatic rings. The van der Waals surface area contributed by atoms with Gasteiger partial charge in [-0.25, -0.2) is 4.39 Å². The van der Waals surface area contributed by atoms with Crippen LogP contribution in [0.4, 0.5) is 10.1 Å². The zero-order chi connectivity index (χ0) is 16.4. The summed E-state index contributed by atoms with van der Waals surface area (Å²) in [6.07, 6.45) is 1.78. The first-order valence-corrected chi connectivity index (χ1v) is 8.18. The molecule has 2 saturated heterocycles. The summed E-state index contributed by atoms with van der Waals surface area (Å²) in [6.45, 7) is 4.20. The van der Waals surface area contributed by atoms with Crippen molar-refractivity contribution in [2.75, 3.05) is 37.7 Å². The number of aliphatic hydroxyl groups is 1. The molecule has 126 valence electrons. The minimum Gasteiger partial charge on any atom is -0.394 e. The van der Waals surface area contributed by atoms with Crippen molar-refractivity contribution in [1.82, 2.24) is 4.90 Å². The Kier molecular flexibility index (Phi) is 4.82. The normalized spacial score (nSPS) is 25.0. The van der Waals surface area contributed by atoms with Crippen LogP contribution in [0.5, 0.6) is 0 Å². The van der Waals surface area contributed by atoms with E-state index in [1.165, 1.54) is 6.07 Å². The Morgan fingerprint density at radius 2 is 2.13 bits per heavy atom. The van der Waals surface area contributed by atoms with Crippen LogP contribution in [0.15, 0.2) is 18.2 Å². The lowest BCUT2D eigenvalue weighted by atomic mass is 10.1. The van der Waals surface area contributed by atoms with E-state index in [4.69, 9.17) is 4.74 Å². The summed E-state index contributed by atoms with van der Waals surface area (Å²) in [5, 5.41) is 9.22. The van der Waals surface area contributed by atoms with Gasteiger partial charge in [-0.05, 0) is 38.0 Å². The zero-order valence-corrected chi connectivity index (χ0v) is 13.4. The van der Waals surface area contributed by atoms with Gasteiger partial charge >= 0.3 is 0 Å². The van der Waals surface area contributed by atoms with Crippen LogP contribution in [0.3, 0.4) is 0 Å². The van der Waals surface area contributed by atoms with E-state index in [9.17, 15) is 14.3 Å². The van der Waals surface area contributed by atoms with Crippen LogP contribution in [0.2, 0.25) is 0 Å². The smallest absolute Gasteiger partial charge is 0.254 e. The summed E-state index contributed by atoms with van der Waals surface area (Å²) >= 11 is 0. The number of ether oxygens (including phenoxy) is 1. The van der Waals surface area contributed by atoms with E-state index in [0.717, 1.165) is 25.9 Å². The Morgan fingerprint density at radius 1 is 1.39 bits per heavy atom. The molecule has 0 bridgehead atoms. The SMILES string of the molecule is CC1COC(CO)CN1C(=O)c1ccc(N2CCCC2)c(F)c1. The molecule has 6 heteroatoms. The first-order valence-electron chi connectivity index (χ1n) is 8.18. The number of carbonyl (C=O) groups excluding carboxylic acids is 1. The fraction of sp³-hybridized carbons (Fsp3) is 0.588. The Hall–Kier alpha value is -1.66. The van der Waals surface area contributed by atoms with Crippen LogP contribution in [0, 0.1) is 5.82 Å². The molecule has 0 radical (unpaired) electrons. The predicted molar refractivity (Wildman–Crippen MR) is 85.2 cm³/mol. The van der Waals surface area contributed by atoms with Gasteiger partial charge in [-0.2, -0.15) is 0 Å². The molecule has 0 spiro atoms. The molecule has 5 nitrogen and oxygen atoms in total. The van der Waals surface area contributed by atoms with E-state index in [-0.39, 0.29) is 30.5 Å². The van der Waals surface area contributed by atoms with E-state index in [1.54, 1.807) is 17.0 Å². The molecule has 1 amide bonds. The first-order chi connectivity index (χ1) is 11.1. The molecule has 2 unspecified atom stereocenters. The number of morpholine rings is 1. The van der Waals surface area contributed by atoms with Crippen molar-refractivity contribution in [2.24, 2.45) is 0 Å². The number of nitrogens with zero attached hydrogens (tertiary/aromatic N) is 2. The third-order valence-corrected chi connectivity index (χ3v) is 4.61. The Bertz CT molecular complexity index is 575. The Labute approximate surface area is 135 Å². The highest BCUT2D eigenvalue weighted by molar-refractivity contribution is 5.95. The van der Waals surface area contributed by atoms with Crippen LogP contribution in [-0.4, -0.2) is 60.9 Å². The van der Waals surface area contributed by atoms with Crippen LogP contribution in [-0.2, 0) is 4.74 Å². The van der Waals surface area contributed by atoms with Gasteiger partial charge in [0.15, 0.2) is 0 Å². The Morgan fingerprint density at radius 3 is 2.78 bits per heavy atom. The lowest BCUT2D eigenvalue weighted by molar-refractivity contribution is -0.0667. The molecular formula is C17H23FN2O3. The summed E-state index contributed by atoms with van der Waals surface area (Å²) < 4.78 is 19.8. The predicted octanol–water partition coefficient (Wildman–Crippen LogP) is 1.65.